The zero-order chi connectivity index (χ0) is 13.8. The third kappa shape index (κ3) is 3.28. The molecule has 0 aliphatic carbocycles. The Morgan fingerprint density at radius 3 is 2.68 bits per heavy atom. The fraction of sp³-hybridized carbons (Fsp3) is 0.533. The van der Waals surface area contributed by atoms with E-state index in [2.05, 4.69) is 6.92 Å². The summed E-state index contributed by atoms with van der Waals surface area (Å²) in [5.74, 6) is 0.768. The second-order valence-electron chi connectivity index (χ2n) is 5.19. The Hall–Kier alpha value is -1.06. The van der Waals surface area contributed by atoms with Crippen molar-refractivity contribution < 1.29 is 4.79 Å². The number of carbonyl (C=O) groups is 1. The van der Waals surface area contributed by atoms with Gasteiger partial charge in [-0.15, -0.1) is 0 Å². The van der Waals surface area contributed by atoms with Crippen LogP contribution in [0.15, 0.2) is 24.3 Å². The summed E-state index contributed by atoms with van der Waals surface area (Å²) < 4.78 is 0. The molecule has 2 rings (SSSR count). The van der Waals surface area contributed by atoms with Gasteiger partial charge in [0.25, 0.3) is 5.91 Å². The molecule has 0 radical (unpaired) electrons. The number of likely N-dealkylation sites (tertiary alicyclic amines) is 1. The van der Waals surface area contributed by atoms with Gasteiger partial charge in [-0.05, 0) is 43.0 Å². The average molecular weight is 281 g/mol. The molecule has 104 valence electrons. The summed E-state index contributed by atoms with van der Waals surface area (Å²) in [5, 5.41) is 0.650. The molecule has 2 unspecified atom stereocenters. The summed E-state index contributed by atoms with van der Waals surface area (Å²) >= 11 is 5.85. The van der Waals surface area contributed by atoms with Crippen molar-refractivity contribution in [2.75, 3.05) is 13.1 Å². The first-order valence-electron chi connectivity index (χ1n) is 6.92. The average Bonchev–Trinajstić information content (AvgIpc) is 2.46. The second kappa shape index (κ2) is 6.40. The molecule has 2 N–H and O–H groups in total. The number of amides is 1. The molecule has 1 aromatic carbocycles. The van der Waals surface area contributed by atoms with E-state index >= 15 is 0 Å². The first-order valence-corrected chi connectivity index (χ1v) is 7.30. The minimum Gasteiger partial charge on any atom is -0.334 e. The second-order valence-corrected chi connectivity index (χ2v) is 5.63. The number of nitrogens with zero attached hydrogens (tertiary/aromatic N) is 1. The minimum absolute atomic E-state index is 0.0710. The summed E-state index contributed by atoms with van der Waals surface area (Å²) in [6.45, 7) is 3.55. The third-order valence-electron chi connectivity index (χ3n) is 4.03. The van der Waals surface area contributed by atoms with Crippen LogP contribution in [0.25, 0.3) is 0 Å². The van der Waals surface area contributed by atoms with Gasteiger partial charge in [-0.1, -0.05) is 24.9 Å². The van der Waals surface area contributed by atoms with Crippen LogP contribution in [0.5, 0.6) is 0 Å². The summed E-state index contributed by atoms with van der Waals surface area (Å²) in [4.78, 5) is 14.4. The molecule has 1 heterocycles. The monoisotopic (exact) mass is 280 g/mol. The SMILES string of the molecule is CCC1CCN(C(=O)c2ccc(Cl)cc2)C(CN)C1. The van der Waals surface area contributed by atoms with Crippen LogP contribution in [0.4, 0.5) is 0 Å². The van der Waals surface area contributed by atoms with Gasteiger partial charge in [0.05, 0.1) is 0 Å². The van der Waals surface area contributed by atoms with E-state index in [1.807, 2.05) is 4.90 Å². The smallest absolute Gasteiger partial charge is 0.254 e. The van der Waals surface area contributed by atoms with E-state index in [4.69, 9.17) is 17.3 Å². The lowest BCUT2D eigenvalue weighted by atomic mass is 9.88. The summed E-state index contributed by atoms with van der Waals surface area (Å²) in [6, 6.07) is 7.24. The van der Waals surface area contributed by atoms with Crippen LogP contribution >= 0.6 is 11.6 Å². The molecule has 0 spiro atoms. The molecule has 1 amide bonds. The fourth-order valence-corrected chi connectivity index (χ4v) is 2.88. The van der Waals surface area contributed by atoms with E-state index in [1.165, 1.54) is 6.42 Å². The van der Waals surface area contributed by atoms with E-state index in [9.17, 15) is 4.79 Å². The summed E-state index contributed by atoms with van der Waals surface area (Å²) in [7, 11) is 0. The van der Waals surface area contributed by atoms with Gasteiger partial charge >= 0.3 is 0 Å². The van der Waals surface area contributed by atoms with Crippen LogP contribution in [-0.2, 0) is 0 Å². The van der Waals surface area contributed by atoms with Gasteiger partial charge in [0.1, 0.15) is 0 Å². The molecule has 1 fully saturated rings. The van der Waals surface area contributed by atoms with E-state index in [1.54, 1.807) is 24.3 Å². The lowest BCUT2D eigenvalue weighted by molar-refractivity contribution is 0.0558. The van der Waals surface area contributed by atoms with Crippen LogP contribution in [0, 0.1) is 5.92 Å². The van der Waals surface area contributed by atoms with Crippen molar-refractivity contribution >= 4 is 17.5 Å². The van der Waals surface area contributed by atoms with Gasteiger partial charge in [-0.2, -0.15) is 0 Å². The van der Waals surface area contributed by atoms with E-state index < -0.39 is 0 Å². The van der Waals surface area contributed by atoms with E-state index in [0.29, 0.717) is 23.0 Å². The largest absolute Gasteiger partial charge is 0.334 e. The van der Waals surface area contributed by atoms with Crippen LogP contribution in [0.1, 0.15) is 36.5 Å². The predicted octanol–water partition coefficient (Wildman–Crippen LogP) is 2.93. The van der Waals surface area contributed by atoms with Crippen LogP contribution in [0.3, 0.4) is 0 Å². The van der Waals surface area contributed by atoms with E-state index in [-0.39, 0.29) is 11.9 Å². The molecule has 1 aliphatic heterocycles. The van der Waals surface area contributed by atoms with Crippen molar-refractivity contribution in [1.29, 1.82) is 0 Å². The molecule has 4 heteroatoms. The first-order chi connectivity index (χ1) is 9.15. The van der Waals surface area contributed by atoms with Crippen molar-refractivity contribution in [1.82, 2.24) is 4.90 Å². The van der Waals surface area contributed by atoms with Crippen molar-refractivity contribution in [3.8, 4) is 0 Å². The molecule has 19 heavy (non-hydrogen) atoms. The molecule has 2 atom stereocenters. The lowest BCUT2D eigenvalue weighted by Gasteiger charge is -2.39. The highest BCUT2D eigenvalue weighted by molar-refractivity contribution is 6.30. The number of hydrogen-bond acceptors (Lipinski definition) is 2. The quantitative estimate of drug-likeness (QED) is 0.925. The van der Waals surface area contributed by atoms with Gasteiger partial charge < -0.3 is 10.6 Å². The molecule has 0 bridgehead atoms. The number of piperidine rings is 1. The summed E-state index contributed by atoms with van der Waals surface area (Å²) in [6.07, 6.45) is 3.26. The van der Waals surface area contributed by atoms with E-state index in [0.717, 1.165) is 19.4 Å². The van der Waals surface area contributed by atoms with Gasteiger partial charge in [-0.25, -0.2) is 0 Å². The lowest BCUT2D eigenvalue weighted by Crippen LogP contribution is -2.49. The van der Waals surface area contributed by atoms with Crippen LogP contribution < -0.4 is 5.73 Å². The Bertz CT molecular complexity index is 432. The molecule has 1 aromatic rings. The highest BCUT2D eigenvalue weighted by Crippen LogP contribution is 2.26. The molecular formula is C15H21ClN2O. The maximum Gasteiger partial charge on any atom is 0.254 e. The highest BCUT2D eigenvalue weighted by Gasteiger charge is 2.30. The zero-order valence-corrected chi connectivity index (χ0v) is 12.1. The number of rotatable bonds is 3. The van der Waals surface area contributed by atoms with Crippen LogP contribution in [-0.4, -0.2) is 29.9 Å². The maximum absolute atomic E-state index is 12.5. The number of halogens is 1. The Morgan fingerprint density at radius 2 is 2.11 bits per heavy atom. The Labute approximate surface area is 119 Å². The number of carbonyl (C=O) groups excluding carboxylic acids is 1. The van der Waals surface area contributed by atoms with Crippen molar-refractivity contribution in [2.24, 2.45) is 11.7 Å². The Balaban J connectivity index is 2.11. The number of nitrogens with two attached hydrogens (primary N) is 1. The minimum atomic E-state index is 0.0710. The molecule has 3 nitrogen and oxygen atoms in total. The fourth-order valence-electron chi connectivity index (χ4n) is 2.75. The van der Waals surface area contributed by atoms with Gasteiger partial charge in [-0.3, -0.25) is 4.79 Å². The molecular weight excluding hydrogens is 260 g/mol. The molecule has 1 saturated heterocycles. The van der Waals surface area contributed by atoms with Crippen molar-refractivity contribution in [2.45, 2.75) is 32.2 Å². The van der Waals surface area contributed by atoms with Gasteiger partial charge in [0, 0.05) is 29.7 Å². The van der Waals surface area contributed by atoms with Gasteiger partial charge in [0.15, 0.2) is 0 Å². The molecule has 1 aliphatic rings. The standard InChI is InChI=1S/C15H21ClN2O/c1-2-11-7-8-18(14(9-11)10-17)15(19)12-3-5-13(16)6-4-12/h3-6,11,14H,2,7-10,17H2,1H3. The third-order valence-corrected chi connectivity index (χ3v) is 4.28. The van der Waals surface area contributed by atoms with Crippen molar-refractivity contribution in [3.05, 3.63) is 34.9 Å². The van der Waals surface area contributed by atoms with Crippen LogP contribution in [0.2, 0.25) is 5.02 Å². The molecule has 0 saturated carbocycles. The van der Waals surface area contributed by atoms with Gasteiger partial charge in [0.2, 0.25) is 0 Å². The highest BCUT2D eigenvalue weighted by atomic mass is 35.5. The first kappa shape index (κ1) is 14.4. The predicted molar refractivity (Wildman–Crippen MR) is 78.3 cm³/mol. The Kier molecular flexibility index (Phi) is 4.83. The maximum atomic E-state index is 12.5. The molecule has 0 aromatic heterocycles. The normalized spacial score (nSPS) is 23.4. The van der Waals surface area contributed by atoms with Crippen molar-refractivity contribution in [3.63, 3.8) is 0 Å². The zero-order valence-electron chi connectivity index (χ0n) is 11.3. The summed E-state index contributed by atoms with van der Waals surface area (Å²) in [5.41, 5.74) is 6.53. The number of hydrogen-bond donors (Lipinski definition) is 1. The number of benzene rings is 1. The Morgan fingerprint density at radius 1 is 1.42 bits per heavy atom. The topological polar surface area (TPSA) is 46.3 Å².